The van der Waals surface area contributed by atoms with Crippen LogP contribution in [0.3, 0.4) is 0 Å². The standard InChI is InChI=1S/C17H24N2O/c1-4-11-18-14(3)17-19-12-16(20-17)10-9-15-8-6-5-7-13(15)2/h5-8,12,14,18H,4,9-11H2,1-3H3. The molecule has 108 valence electrons. The molecule has 0 aliphatic rings. The molecule has 0 fully saturated rings. The van der Waals surface area contributed by atoms with Crippen LogP contribution in [0.5, 0.6) is 0 Å². The van der Waals surface area contributed by atoms with Gasteiger partial charge in [0.05, 0.1) is 12.2 Å². The molecule has 2 rings (SSSR count). The first kappa shape index (κ1) is 14.8. The highest BCUT2D eigenvalue weighted by Gasteiger charge is 2.11. The summed E-state index contributed by atoms with van der Waals surface area (Å²) in [6.07, 6.45) is 4.87. The number of aryl methyl sites for hydroxylation is 3. The molecule has 0 bridgehead atoms. The van der Waals surface area contributed by atoms with E-state index in [9.17, 15) is 0 Å². The smallest absolute Gasteiger partial charge is 0.211 e. The predicted octanol–water partition coefficient (Wildman–Crippen LogP) is 3.83. The van der Waals surface area contributed by atoms with Crippen molar-refractivity contribution in [2.75, 3.05) is 6.54 Å². The van der Waals surface area contributed by atoms with Crippen molar-refractivity contribution in [1.29, 1.82) is 0 Å². The van der Waals surface area contributed by atoms with Crippen LogP contribution in [0.25, 0.3) is 0 Å². The highest BCUT2D eigenvalue weighted by Crippen LogP contribution is 2.16. The molecule has 3 heteroatoms. The van der Waals surface area contributed by atoms with Crippen LogP contribution in [0.15, 0.2) is 34.9 Å². The molecule has 0 amide bonds. The molecule has 0 saturated heterocycles. The second-order valence-electron chi connectivity index (χ2n) is 5.27. The van der Waals surface area contributed by atoms with Gasteiger partial charge in [0, 0.05) is 6.42 Å². The van der Waals surface area contributed by atoms with E-state index in [0.717, 1.165) is 37.5 Å². The summed E-state index contributed by atoms with van der Waals surface area (Å²) in [6.45, 7) is 7.38. The molecule has 1 atom stereocenters. The molecule has 0 spiro atoms. The number of nitrogens with zero attached hydrogens (tertiary/aromatic N) is 1. The topological polar surface area (TPSA) is 38.1 Å². The fraction of sp³-hybridized carbons (Fsp3) is 0.471. The van der Waals surface area contributed by atoms with Crippen LogP contribution in [0.1, 0.15) is 49.1 Å². The Bertz CT molecular complexity index is 533. The average molecular weight is 272 g/mol. The molecule has 0 saturated carbocycles. The zero-order valence-electron chi connectivity index (χ0n) is 12.6. The fourth-order valence-electron chi connectivity index (χ4n) is 2.24. The molecule has 0 aliphatic carbocycles. The van der Waals surface area contributed by atoms with Crippen molar-refractivity contribution in [3.05, 3.63) is 53.2 Å². The van der Waals surface area contributed by atoms with Gasteiger partial charge in [0.2, 0.25) is 5.89 Å². The van der Waals surface area contributed by atoms with Gasteiger partial charge < -0.3 is 9.73 Å². The van der Waals surface area contributed by atoms with Crippen molar-refractivity contribution in [2.24, 2.45) is 0 Å². The summed E-state index contributed by atoms with van der Waals surface area (Å²) in [6, 6.07) is 8.68. The lowest BCUT2D eigenvalue weighted by Gasteiger charge is -2.08. The Balaban J connectivity index is 1.91. The van der Waals surface area contributed by atoms with Gasteiger partial charge in [0.1, 0.15) is 5.76 Å². The molecule has 1 heterocycles. The number of nitrogens with one attached hydrogen (secondary N) is 1. The van der Waals surface area contributed by atoms with E-state index in [-0.39, 0.29) is 6.04 Å². The Labute approximate surface area is 121 Å². The second-order valence-corrected chi connectivity index (χ2v) is 5.27. The molecule has 1 aromatic heterocycles. The zero-order valence-corrected chi connectivity index (χ0v) is 12.6. The van der Waals surface area contributed by atoms with Gasteiger partial charge >= 0.3 is 0 Å². The van der Waals surface area contributed by atoms with Gasteiger partial charge in [-0.25, -0.2) is 4.98 Å². The van der Waals surface area contributed by atoms with Gasteiger partial charge in [-0.3, -0.25) is 0 Å². The van der Waals surface area contributed by atoms with E-state index >= 15 is 0 Å². The van der Waals surface area contributed by atoms with Crippen molar-refractivity contribution >= 4 is 0 Å². The van der Waals surface area contributed by atoms with Crippen LogP contribution in [0, 0.1) is 6.92 Å². The first-order valence-electron chi connectivity index (χ1n) is 7.43. The summed E-state index contributed by atoms with van der Waals surface area (Å²) in [5.74, 6) is 1.76. The third-order valence-corrected chi connectivity index (χ3v) is 3.54. The molecule has 1 N–H and O–H groups in total. The van der Waals surface area contributed by atoms with E-state index in [1.165, 1.54) is 11.1 Å². The number of hydrogen-bond acceptors (Lipinski definition) is 3. The Morgan fingerprint density at radius 3 is 2.80 bits per heavy atom. The first-order chi connectivity index (χ1) is 9.70. The molecule has 20 heavy (non-hydrogen) atoms. The predicted molar refractivity (Wildman–Crippen MR) is 81.8 cm³/mol. The number of benzene rings is 1. The van der Waals surface area contributed by atoms with E-state index in [4.69, 9.17) is 4.42 Å². The summed E-state index contributed by atoms with van der Waals surface area (Å²) in [5, 5.41) is 3.39. The minimum absolute atomic E-state index is 0.183. The summed E-state index contributed by atoms with van der Waals surface area (Å²) in [4.78, 5) is 4.37. The summed E-state index contributed by atoms with van der Waals surface area (Å²) >= 11 is 0. The fourth-order valence-corrected chi connectivity index (χ4v) is 2.24. The minimum atomic E-state index is 0.183. The molecule has 0 radical (unpaired) electrons. The van der Waals surface area contributed by atoms with E-state index < -0.39 is 0 Å². The van der Waals surface area contributed by atoms with Gasteiger partial charge in [-0.05, 0) is 44.4 Å². The largest absolute Gasteiger partial charge is 0.444 e. The average Bonchev–Trinajstić information content (AvgIpc) is 2.93. The maximum absolute atomic E-state index is 5.83. The quantitative estimate of drug-likeness (QED) is 0.832. The van der Waals surface area contributed by atoms with Crippen LogP contribution < -0.4 is 5.32 Å². The van der Waals surface area contributed by atoms with Crippen molar-refractivity contribution < 1.29 is 4.42 Å². The maximum Gasteiger partial charge on any atom is 0.211 e. The molecule has 0 aliphatic heterocycles. The maximum atomic E-state index is 5.83. The third kappa shape index (κ3) is 3.94. The Kier molecular flexibility index (Phi) is 5.36. The lowest BCUT2D eigenvalue weighted by atomic mass is 10.0. The summed E-state index contributed by atoms with van der Waals surface area (Å²) in [5.41, 5.74) is 2.72. The zero-order chi connectivity index (χ0) is 14.4. The lowest BCUT2D eigenvalue weighted by molar-refractivity contribution is 0.394. The van der Waals surface area contributed by atoms with Crippen molar-refractivity contribution in [2.45, 2.75) is 46.1 Å². The Morgan fingerprint density at radius 2 is 2.05 bits per heavy atom. The highest BCUT2D eigenvalue weighted by atomic mass is 16.4. The number of rotatable bonds is 7. The molecular weight excluding hydrogens is 248 g/mol. The van der Waals surface area contributed by atoms with Crippen LogP contribution in [-0.4, -0.2) is 11.5 Å². The highest BCUT2D eigenvalue weighted by molar-refractivity contribution is 5.26. The SMILES string of the molecule is CCCNC(C)c1ncc(CCc2ccccc2C)o1. The molecule has 3 nitrogen and oxygen atoms in total. The lowest BCUT2D eigenvalue weighted by Crippen LogP contribution is -2.19. The normalized spacial score (nSPS) is 12.6. The Hall–Kier alpha value is -1.61. The van der Waals surface area contributed by atoms with Gasteiger partial charge in [0.25, 0.3) is 0 Å². The van der Waals surface area contributed by atoms with Gasteiger partial charge in [-0.2, -0.15) is 0 Å². The van der Waals surface area contributed by atoms with Crippen molar-refractivity contribution in [3.63, 3.8) is 0 Å². The van der Waals surface area contributed by atoms with Crippen molar-refractivity contribution in [3.8, 4) is 0 Å². The van der Waals surface area contributed by atoms with E-state index in [2.05, 4.69) is 55.3 Å². The van der Waals surface area contributed by atoms with Crippen LogP contribution >= 0.6 is 0 Å². The van der Waals surface area contributed by atoms with E-state index in [1.807, 2.05) is 6.20 Å². The third-order valence-electron chi connectivity index (χ3n) is 3.54. The molecular formula is C17H24N2O. The van der Waals surface area contributed by atoms with Crippen LogP contribution in [-0.2, 0) is 12.8 Å². The molecule has 1 unspecified atom stereocenters. The number of oxazole rings is 1. The van der Waals surface area contributed by atoms with Gasteiger partial charge in [-0.1, -0.05) is 31.2 Å². The number of hydrogen-bond donors (Lipinski definition) is 1. The minimum Gasteiger partial charge on any atom is -0.444 e. The molecule has 1 aromatic carbocycles. The first-order valence-corrected chi connectivity index (χ1v) is 7.43. The van der Waals surface area contributed by atoms with Gasteiger partial charge in [-0.15, -0.1) is 0 Å². The van der Waals surface area contributed by atoms with E-state index in [1.54, 1.807) is 0 Å². The molecule has 2 aromatic rings. The van der Waals surface area contributed by atoms with E-state index in [0.29, 0.717) is 0 Å². The summed E-state index contributed by atoms with van der Waals surface area (Å²) < 4.78 is 5.83. The van der Waals surface area contributed by atoms with Crippen LogP contribution in [0.4, 0.5) is 0 Å². The van der Waals surface area contributed by atoms with Crippen LogP contribution in [0.2, 0.25) is 0 Å². The second kappa shape index (κ2) is 7.25. The van der Waals surface area contributed by atoms with Crippen molar-refractivity contribution in [1.82, 2.24) is 10.3 Å². The monoisotopic (exact) mass is 272 g/mol. The number of aromatic nitrogens is 1. The summed E-state index contributed by atoms with van der Waals surface area (Å²) in [7, 11) is 0. The van der Waals surface area contributed by atoms with Gasteiger partial charge in [0.15, 0.2) is 0 Å². The Morgan fingerprint density at radius 1 is 1.25 bits per heavy atom.